The number of sulfonamides is 1. The van der Waals surface area contributed by atoms with Crippen molar-refractivity contribution in [3.8, 4) is 0 Å². The molecule has 0 radical (unpaired) electrons. The fourth-order valence-electron chi connectivity index (χ4n) is 3.85. The summed E-state index contributed by atoms with van der Waals surface area (Å²) in [7, 11) is -3.95. The van der Waals surface area contributed by atoms with Gasteiger partial charge in [0.1, 0.15) is 0 Å². The van der Waals surface area contributed by atoms with Gasteiger partial charge in [-0.05, 0) is 42.5 Å². The summed E-state index contributed by atoms with van der Waals surface area (Å²) in [4.78, 5) is 13.1. The third-order valence-corrected chi connectivity index (χ3v) is 7.21. The van der Waals surface area contributed by atoms with E-state index < -0.39 is 15.8 Å². The highest BCUT2D eigenvalue weighted by atomic mass is 35.5. The summed E-state index contributed by atoms with van der Waals surface area (Å²) in [5, 5.41) is 0.0847. The van der Waals surface area contributed by atoms with Crippen molar-refractivity contribution in [2.24, 2.45) is 5.73 Å². The van der Waals surface area contributed by atoms with E-state index in [9.17, 15) is 13.2 Å². The summed E-state index contributed by atoms with van der Waals surface area (Å²) in [6.07, 6.45) is 8.35. The van der Waals surface area contributed by atoms with Crippen molar-refractivity contribution in [2.45, 2.75) is 42.9 Å². The molecule has 0 saturated heterocycles. The van der Waals surface area contributed by atoms with E-state index in [1.807, 2.05) is 12.1 Å². The lowest BCUT2D eigenvalue weighted by Gasteiger charge is -2.22. The van der Waals surface area contributed by atoms with Crippen LogP contribution in [-0.4, -0.2) is 14.2 Å². The van der Waals surface area contributed by atoms with Crippen LogP contribution in [0.15, 0.2) is 94.7 Å². The predicted molar refractivity (Wildman–Crippen MR) is 129 cm³/mol. The van der Waals surface area contributed by atoms with Crippen LogP contribution in [0.3, 0.4) is 0 Å². The minimum absolute atomic E-state index is 0.00491. The Kier molecular flexibility index (Phi) is 7.94. The van der Waals surface area contributed by atoms with E-state index in [1.54, 1.807) is 42.5 Å². The molecule has 32 heavy (non-hydrogen) atoms. The van der Waals surface area contributed by atoms with Gasteiger partial charge in [-0.3, -0.25) is 9.52 Å². The van der Waals surface area contributed by atoms with Gasteiger partial charge in [0, 0.05) is 17.3 Å². The van der Waals surface area contributed by atoms with Gasteiger partial charge in [0.15, 0.2) is 5.78 Å². The molecule has 1 saturated carbocycles. The first-order chi connectivity index (χ1) is 15.3. The second-order valence-corrected chi connectivity index (χ2v) is 9.91. The molecule has 5 nitrogen and oxygen atoms in total. The van der Waals surface area contributed by atoms with Crippen LogP contribution in [0.2, 0.25) is 0 Å². The molecular weight excluding hydrogens is 444 g/mol. The maximum absolute atomic E-state index is 13.0. The summed E-state index contributed by atoms with van der Waals surface area (Å²) in [5.41, 5.74) is 6.88. The number of hydrogen-bond donors (Lipinski definition) is 2. The first-order valence-corrected chi connectivity index (χ1v) is 12.4. The Morgan fingerprint density at radius 2 is 1.66 bits per heavy atom. The number of halogens is 1. The van der Waals surface area contributed by atoms with Gasteiger partial charge in [0.2, 0.25) is 0 Å². The van der Waals surface area contributed by atoms with Gasteiger partial charge in [-0.15, -0.1) is 0 Å². The summed E-state index contributed by atoms with van der Waals surface area (Å²) in [6.45, 7) is 3.78. The van der Waals surface area contributed by atoms with Gasteiger partial charge in [-0.1, -0.05) is 79.9 Å². The van der Waals surface area contributed by atoms with Crippen LogP contribution in [0.25, 0.3) is 0 Å². The predicted octanol–water partition coefficient (Wildman–Crippen LogP) is 5.37. The first kappa shape index (κ1) is 23.8. The number of Topliss-reactive ketones (excluding diaryl/α,β-unsaturated/α-hetero) is 1. The molecule has 0 atom stereocenters. The molecule has 0 spiro atoms. The second kappa shape index (κ2) is 10.7. The molecule has 168 valence electrons. The molecular formula is C25H27ClN2O3S. The lowest BCUT2D eigenvalue weighted by Crippen LogP contribution is -2.26. The second-order valence-electron chi connectivity index (χ2n) is 7.79. The van der Waals surface area contributed by atoms with Gasteiger partial charge in [-0.2, -0.15) is 0 Å². The topological polar surface area (TPSA) is 89.3 Å². The molecule has 0 aromatic heterocycles. The van der Waals surface area contributed by atoms with E-state index in [0.717, 1.165) is 24.6 Å². The summed E-state index contributed by atoms with van der Waals surface area (Å²) < 4.78 is 28.3. The standard InChI is InChI=1S/C25H27ClN2O3S/c1-18(24(16-22(26)17-27)25(29)21-10-6-3-7-11-21)28-32(30,31)23-14-12-20(13-15-23)19-8-4-2-5-9-19/h3,6-7,10-17,19,28H,1-2,4-5,8-9,27H2/b22-17+,24-16+. The Balaban J connectivity index is 1.83. The monoisotopic (exact) mass is 470 g/mol. The molecule has 1 fully saturated rings. The highest BCUT2D eigenvalue weighted by Gasteiger charge is 2.22. The number of allylic oxidation sites excluding steroid dienone is 3. The number of rotatable bonds is 8. The van der Waals surface area contributed by atoms with Crippen molar-refractivity contribution in [1.82, 2.24) is 4.72 Å². The molecule has 1 aliphatic carbocycles. The van der Waals surface area contributed by atoms with Gasteiger partial charge in [0.05, 0.1) is 15.6 Å². The van der Waals surface area contributed by atoms with Gasteiger partial charge in [-0.25, -0.2) is 8.42 Å². The van der Waals surface area contributed by atoms with Crippen LogP contribution >= 0.6 is 11.6 Å². The van der Waals surface area contributed by atoms with E-state index >= 15 is 0 Å². The number of nitrogens with one attached hydrogen (secondary N) is 1. The molecule has 3 N–H and O–H groups in total. The summed E-state index contributed by atoms with van der Waals surface area (Å²) in [5.74, 6) is 0.0533. The van der Waals surface area contributed by atoms with E-state index in [2.05, 4.69) is 11.3 Å². The number of carbonyl (C=O) groups excluding carboxylic acids is 1. The highest BCUT2D eigenvalue weighted by molar-refractivity contribution is 7.89. The molecule has 0 unspecified atom stereocenters. The van der Waals surface area contributed by atoms with Crippen molar-refractivity contribution in [2.75, 3.05) is 0 Å². The molecule has 0 heterocycles. The zero-order chi connectivity index (χ0) is 23.1. The Morgan fingerprint density at radius 3 is 2.25 bits per heavy atom. The third kappa shape index (κ3) is 5.90. The Hall–Kier alpha value is -2.83. The van der Waals surface area contributed by atoms with Crippen LogP contribution < -0.4 is 10.5 Å². The number of ketones is 1. The number of hydrogen-bond acceptors (Lipinski definition) is 4. The van der Waals surface area contributed by atoms with Crippen LogP contribution in [0, 0.1) is 0 Å². The maximum atomic E-state index is 13.0. The van der Waals surface area contributed by atoms with Gasteiger partial charge < -0.3 is 5.73 Å². The van der Waals surface area contributed by atoms with Crippen LogP contribution in [-0.2, 0) is 10.0 Å². The van der Waals surface area contributed by atoms with Crippen molar-refractivity contribution in [3.05, 3.63) is 101 Å². The van der Waals surface area contributed by atoms with Gasteiger partial charge >= 0.3 is 0 Å². The van der Waals surface area contributed by atoms with Crippen molar-refractivity contribution < 1.29 is 13.2 Å². The Bertz CT molecular complexity index is 1130. The quantitative estimate of drug-likeness (QED) is 0.308. The molecule has 7 heteroatoms. The lowest BCUT2D eigenvalue weighted by molar-refractivity contribution is 0.103. The highest BCUT2D eigenvalue weighted by Crippen LogP contribution is 2.33. The largest absolute Gasteiger partial charge is 0.403 e. The Labute approximate surface area is 194 Å². The van der Waals surface area contributed by atoms with Crippen LogP contribution in [0.5, 0.6) is 0 Å². The fourth-order valence-corrected chi connectivity index (χ4v) is 5.01. The average molecular weight is 471 g/mol. The van der Waals surface area contributed by atoms with Crippen molar-refractivity contribution >= 4 is 27.4 Å². The molecule has 3 rings (SSSR count). The average Bonchev–Trinajstić information content (AvgIpc) is 2.82. The zero-order valence-electron chi connectivity index (χ0n) is 17.8. The van der Waals surface area contributed by atoms with Crippen LogP contribution in [0.4, 0.5) is 0 Å². The number of benzene rings is 2. The van der Waals surface area contributed by atoms with Crippen molar-refractivity contribution in [3.63, 3.8) is 0 Å². The number of nitrogens with two attached hydrogens (primary N) is 1. The Morgan fingerprint density at radius 1 is 1.03 bits per heavy atom. The normalized spacial score (nSPS) is 15.9. The minimum atomic E-state index is -3.95. The van der Waals surface area contributed by atoms with Crippen molar-refractivity contribution in [1.29, 1.82) is 0 Å². The van der Waals surface area contributed by atoms with E-state index in [-0.39, 0.29) is 21.2 Å². The minimum Gasteiger partial charge on any atom is -0.403 e. The van der Waals surface area contributed by atoms with E-state index in [4.69, 9.17) is 17.3 Å². The molecule has 0 aliphatic heterocycles. The van der Waals surface area contributed by atoms with Gasteiger partial charge in [0.25, 0.3) is 10.0 Å². The molecule has 0 bridgehead atoms. The summed E-state index contributed by atoms with van der Waals surface area (Å²) in [6, 6.07) is 15.4. The molecule has 2 aromatic rings. The molecule has 1 aliphatic rings. The first-order valence-electron chi connectivity index (χ1n) is 10.5. The lowest BCUT2D eigenvalue weighted by atomic mass is 9.84. The van der Waals surface area contributed by atoms with Crippen LogP contribution in [0.1, 0.15) is 53.9 Å². The van der Waals surface area contributed by atoms with E-state index in [0.29, 0.717) is 11.5 Å². The molecule has 2 aromatic carbocycles. The summed E-state index contributed by atoms with van der Waals surface area (Å²) >= 11 is 6.00. The molecule has 0 amide bonds. The zero-order valence-corrected chi connectivity index (χ0v) is 19.3. The smallest absolute Gasteiger partial charge is 0.261 e. The van der Waals surface area contributed by atoms with E-state index in [1.165, 1.54) is 25.3 Å². The fraction of sp³-hybridized carbons (Fsp3) is 0.240. The maximum Gasteiger partial charge on any atom is 0.261 e. The number of carbonyl (C=O) groups is 1. The SMILES string of the molecule is C=C(NS(=O)(=O)c1ccc(C2CCCCC2)cc1)/C(=C\C(Cl)=C/N)C(=O)c1ccccc1. The third-order valence-electron chi connectivity index (χ3n) is 5.57.